The summed E-state index contributed by atoms with van der Waals surface area (Å²) in [5.74, 6) is 0.499. The Morgan fingerprint density at radius 3 is 2.66 bits per heavy atom. The Morgan fingerprint density at radius 1 is 1.11 bits per heavy atom. The third-order valence-electron chi connectivity index (χ3n) is 10.0. The summed E-state index contributed by atoms with van der Waals surface area (Å²) in [4.78, 5) is 34.3. The van der Waals surface area contributed by atoms with E-state index >= 15 is 0 Å². The summed E-state index contributed by atoms with van der Waals surface area (Å²) < 4.78 is 0. The highest BCUT2D eigenvalue weighted by Gasteiger charge is 2.55. The molecule has 5 aliphatic rings. The number of carbonyl (C=O) groups is 1. The van der Waals surface area contributed by atoms with Crippen LogP contribution in [0.15, 0.2) is 29.1 Å². The number of hydrogen-bond acceptors (Lipinski definition) is 5. The lowest BCUT2D eigenvalue weighted by molar-refractivity contribution is 0.0231. The van der Waals surface area contributed by atoms with Gasteiger partial charge in [0.1, 0.15) is 11.3 Å². The molecule has 4 heterocycles. The summed E-state index contributed by atoms with van der Waals surface area (Å²) in [5, 5.41) is 20.5. The number of hydrogen-bond donors (Lipinski definition) is 3. The van der Waals surface area contributed by atoms with Gasteiger partial charge in [0.25, 0.3) is 11.5 Å². The van der Waals surface area contributed by atoms with Crippen LogP contribution in [-0.2, 0) is 24.7 Å². The molecule has 7 nitrogen and oxygen atoms in total. The number of benzene rings is 1. The van der Waals surface area contributed by atoms with Crippen molar-refractivity contribution in [2.45, 2.75) is 81.0 Å². The zero-order valence-corrected chi connectivity index (χ0v) is 20.2. The number of amides is 1. The third kappa shape index (κ3) is 3.04. The molecule has 1 aromatic carbocycles. The maximum atomic E-state index is 13.6. The van der Waals surface area contributed by atoms with E-state index in [0.29, 0.717) is 30.6 Å². The van der Waals surface area contributed by atoms with Crippen LogP contribution >= 0.6 is 0 Å². The molecule has 1 aromatic heterocycles. The highest BCUT2D eigenvalue weighted by Crippen LogP contribution is 2.54. The standard InChI is InChI=1S/C28H33N3O4/c1-30-7-6-28-14-24-16(9-23(28)25(30)10-15-2-5-19(32)13-22(15)28)8-21(26(34)29-24)27(35)31-17-3-4-18(31)12-20(33)11-17/h2,5,8,13,17-18,20,23,25,32-33H,3-4,6-7,9-12,14H2,1H3,(H,29,34)/t17-,18+,20+,23-,25+,28+/m0/s1. The quantitative estimate of drug-likeness (QED) is 0.587. The second-order valence-corrected chi connectivity index (χ2v) is 11.7. The van der Waals surface area contributed by atoms with E-state index in [4.69, 9.17) is 0 Å². The molecule has 7 heteroatoms. The van der Waals surface area contributed by atoms with E-state index in [-0.39, 0.29) is 40.6 Å². The number of likely N-dealkylation sites (tertiary alicyclic amines) is 1. The van der Waals surface area contributed by atoms with Gasteiger partial charge in [0.15, 0.2) is 0 Å². The van der Waals surface area contributed by atoms with Gasteiger partial charge in [0.05, 0.1) is 6.10 Å². The number of aromatic nitrogens is 1. The molecule has 3 saturated heterocycles. The number of nitrogens with zero attached hydrogens (tertiary/aromatic N) is 2. The molecule has 0 saturated carbocycles. The molecule has 0 radical (unpaired) electrons. The Hall–Kier alpha value is -2.64. The van der Waals surface area contributed by atoms with Crippen LogP contribution < -0.4 is 5.56 Å². The van der Waals surface area contributed by atoms with Crippen LogP contribution in [0.5, 0.6) is 5.75 Å². The second-order valence-electron chi connectivity index (χ2n) is 11.7. The first-order valence-corrected chi connectivity index (χ1v) is 13.1. The SMILES string of the molecule is CN1CC[C@]23Cc4[nH]c(=O)c(C(=O)N5[C@@H]6CC[C@H]5C[C@@H](O)C6)cc4C[C@H]2[C@H]1Cc1ccc(O)cc13. The van der Waals surface area contributed by atoms with Crippen molar-refractivity contribution in [2.24, 2.45) is 5.92 Å². The number of phenols is 1. The van der Waals surface area contributed by atoms with Crippen LogP contribution in [0.3, 0.4) is 0 Å². The number of aromatic amines is 1. The first-order chi connectivity index (χ1) is 16.8. The molecule has 0 unspecified atom stereocenters. The summed E-state index contributed by atoms with van der Waals surface area (Å²) in [6.07, 6.45) is 6.18. The molecule has 35 heavy (non-hydrogen) atoms. The van der Waals surface area contributed by atoms with E-state index in [9.17, 15) is 19.8 Å². The summed E-state index contributed by atoms with van der Waals surface area (Å²) >= 11 is 0. The Kier molecular flexibility index (Phi) is 4.59. The average Bonchev–Trinajstić information content (AvgIpc) is 3.10. The molecular weight excluding hydrogens is 442 g/mol. The van der Waals surface area contributed by atoms with Crippen molar-refractivity contribution >= 4 is 5.91 Å². The van der Waals surface area contributed by atoms with Crippen LogP contribution in [0.25, 0.3) is 0 Å². The molecule has 3 N–H and O–H groups in total. The molecule has 7 rings (SSSR count). The highest BCUT2D eigenvalue weighted by atomic mass is 16.3. The fourth-order valence-corrected chi connectivity index (χ4v) is 8.39. The van der Waals surface area contributed by atoms with Gasteiger partial charge >= 0.3 is 0 Å². The van der Waals surface area contributed by atoms with E-state index in [0.717, 1.165) is 56.3 Å². The second kappa shape index (κ2) is 7.43. The lowest BCUT2D eigenvalue weighted by Crippen LogP contribution is -2.61. The van der Waals surface area contributed by atoms with Crippen molar-refractivity contribution in [3.8, 4) is 5.75 Å². The van der Waals surface area contributed by atoms with Gasteiger partial charge in [-0.3, -0.25) is 9.59 Å². The van der Waals surface area contributed by atoms with Gasteiger partial charge in [-0.05, 0) is 106 Å². The van der Waals surface area contributed by atoms with Crippen molar-refractivity contribution in [3.63, 3.8) is 0 Å². The first kappa shape index (κ1) is 21.6. The minimum Gasteiger partial charge on any atom is -0.508 e. The number of aromatic hydroxyl groups is 1. The number of aliphatic hydroxyl groups is 1. The lowest BCUT2D eigenvalue weighted by atomic mass is 9.52. The number of carbonyl (C=O) groups excluding carboxylic acids is 1. The van der Waals surface area contributed by atoms with Gasteiger partial charge in [0.2, 0.25) is 0 Å². The zero-order chi connectivity index (χ0) is 24.1. The van der Waals surface area contributed by atoms with Crippen LogP contribution in [0.1, 0.15) is 64.8 Å². The monoisotopic (exact) mass is 475 g/mol. The predicted molar refractivity (Wildman–Crippen MR) is 131 cm³/mol. The maximum Gasteiger partial charge on any atom is 0.261 e. The number of H-pyrrole nitrogens is 1. The summed E-state index contributed by atoms with van der Waals surface area (Å²) in [6.45, 7) is 0.996. The number of aliphatic hydroxyl groups excluding tert-OH is 1. The Morgan fingerprint density at radius 2 is 1.89 bits per heavy atom. The number of fused-ring (bicyclic) bond motifs is 4. The smallest absolute Gasteiger partial charge is 0.261 e. The number of pyridine rings is 1. The minimum absolute atomic E-state index is 0.0329. The summed E-state index contributed by atoms with van der Waals surface area (Å²) in [7, 11) is 2.21. The normalized spacial score (nSPS) is 35.3. The zero-order valence-electron chi connectivity index (χ0n) is 20.2. The maximum absolute atomic E-state index is 13.6. The van der Waals surface area contributed by atoms with Gasteiger partial charge in [-0.25, -0.2) is 0 Å². The van der Waals surface area contributed by atoms with Gasteiger partial charge in [-0.15, -0.1) is 0 Å². The first-order valence-electron chi connectivity index (χ1n) is 13.1. The highest BCUT2D eigenvalue weighted by molar-refractivity contribution is 5.95. The van der Waals surface area contributed by atoms with Crippen LogP contribution in [0, 0.1) is 5.92 Å². The Balaban J connectivity index is 1.29. The molecule has 6 atom stereocenters. The van der Waals surface area contributed by atoms with Crippen molar-refractivity contribution in [1.82, 2.24) is 14.8 Å². The van der Waals surface area contributed by atoms with E-state index in [1.807, 2.05) is 17.0 Å². The minimum atomic E-state index is -0.348. The largest absolute Gasteiger partial charge is 0.508 e. The molecular formula is C28H33N3O4. The number of rotatable bonds is 1. The van der Waals surface area contributed by atoms with Crippen LogP contribution in [0.4, 0.5) is 0 Å². The van der Waals surface area contributed by atoms with E-state index in [1.54, 1.807) is 6.07 Å². The molecule has 184 valence electrons. The van der Waals surface area contributed by atoms with Crippen LogP contribution in [-0.4, -0.2) is 68.7 Å². The topological polar surface area (TPSA) is 96.9 Å². The summed E-state index contributed by atoms with van der Waals surface area (Å²) in [6, 6.07) is 8.15. The molecule has 1 amide bonds. The number of nitrogens with one attached hydrogen (secondary N) is 1. The third-order valence-corrected chi connectivity index (χ3v) is 10.0. The predicted octanol–water partition coefficient (Wildman–Crippen LogP) is 2.12. The average molecular weight is 476 g/mol. The number of likely N-dealkylation sites (N-methyl/N-ethyl adjacent to an activating group) is 1. The Labute approximate surface area is 204 Å². The van der Waals surface area contributed by atoms with Crippen molar-refractivity contribution in [2.75, 3.05) is 13.6 Å². The molecule has 3 aliphatic heterocycles. The number of piperidine rings is 2. The number of phenolic OH excluding ortho intramolecular Hbond substituents is 1. The van der Waals surface area contributed by atoms with Gasteiger partial charge < -0.3 is 25.0 Å². The Bertz CT molecular complexity index is 1270. The van der Waals surface area contributed by atoms with Gasteiger partial charge in [-0.2, -0.15) is 0 Å². The van der Waals surface area contributed by atoms with E-state index in [2.05, 4.69) is 23.0 Å². The molecule has 2 aliphatic carbocycles. The fraction of sp³-hybridized carbons (Fsp3) is 0.571. The van der Waals surface area contributed by atoms with Crippen molar-refractivity contribution in [3.05, 3.63) is 62.6 Å². The van der Waals surface area contributed by atoms with E-state index in [1.165, 1.54) is 11.1 Å². The molecule has 2 aromatic rings. The van der Waals surface area contributed by atoms with Crippen molar-refractivity contribution in [1.29, 1.82) is 0 Å². The molecule has 4 bridgehead atoms. The van der Waals surface area contributed by atoms with Gasteiger partial charge in [-0.1, -0.05) is 6.07 Å². The van der Waals surface area contributed by atoms with E-state index < -0.39 is 0 Å². The summed E-state index contributed by atoms with van der Waals surface area (Å²) in [5.41, 5.74) is 4.41. The molecule has 0 spiro atoms. The van der Waals surface area contributed by atoms with Gasteiger partial charge in [0, 0.05) is 29.2 Å². The molecule has 3 fully saturated rings. The lowest BCUT2D eigenvalue weighted by Gasteiger charge is -2.58. The van der Waals surface area contributed by atoms with Crippen molar-refractivity contribution < 1.29 is 15.0 Å². The van der Waals surface area contributed by atoms with Crippen LogP contribution in [0.2, 0.25) is 0 Å². The fourth-order valence-electron chi connectivity index (χ4n) is 8.39.